The molecule has 1 aliphatic rings. The Kier molecular flexibility index (Phi) is 3.84. The Balaban J connectivity index is 1.63. The molecule has 1 aromatic heterocycles. The fourth-order valence-electron chi connectivity index (χ4n) is 3.05. The van der Waals surface area contributed by atoms with E-state index in [1.165, 1.54) is 12.8 Å². The number of nitrogens with zero attached hydrogens (tertiary/aromatic N) is 1. The van der Waals surface area contributed by atoms with Gasteiger partial charge in [-0.1, -0.05) is 0 Å². The summed E-state index contributed by atoms with van der Waals surface area (Å²) >= 11 is 0. The van der Waals surface area contributed by atoms with Crippen molar-refractivity contribution >= 4 is 22.5 Å². The summed E-state index contributed by atoms with van der Waals surface area (Å²) in [7, 11) is 2.13. The molecule has 1 aromatic carbocycles. The molecule has 1 fully saturated rings. The first-order chi connectivity index (χ1) is 10.1. The quantitative estimate of drug-likeness (QED) is 0.754. The fraction of sp³-hybridized carbons (Fsp3) is 0.438. The molecular formula is C16H22N4O. The molecule has 5 nitrogen and oxygen atoms in total. The number of aromatic nitrogens is 1. The van der Waals surface area contributed by atoms with E-state index in [4.69, 9.17) is 5.73 Å². The molecule has 112 valence electrons. The van der Waals surface area contributed by atoms with Crippen LogP contribution in [0.2, 0.25) is 0 Å². The lowest BCUT2D eigenvalue weighted by Crippen LogP contribution is -2.39. The third kappa shape index (κ3) is 3.19. The van der Waals surface area contributed by atoms with Gasteiger partial charge >= 0.3 is 0 Å². The molecule has 0 bridgehead atoms. The molecular weight excluding hydrogens is 264 g/mol. The number of nitrogen functional groups attached to an aromatic ring is 1. The van der Waals surface area contributed by atoms with Crippen molar-refractivity contribution in [1.82, 2.24) is 15.2 Å². The zero-order valence-corrected chi connectivity index (χ0v) is 12.4. The number of rotatable bonds is 3. The number of aromatic amines is 1. The summed E-state index contributed by atoms with van der Waals surface area (Å²) in [6.45, 7) is 2.96. The summed E-state index contributed by atoms with van der Waals surface area (Å²) in [5, 5.41) is 4.01. The first kappa shape index (κ1) is 13.9. The lowest BCUT2D eigenvalue weighted by atomic mass is 9.98. The van der Waals surface area contributed by atoms with Gasteiger partial charge in [0.05, 0.1) is 0 Å². The van der Waals surface area contributed by atoms with Gasteiger partial charge in [0.1, 0.15) is 5.69 Å². The normalized spacial score (nSPS) is 19.8. The zero-order valence-electron chi connectivity index (χ0n) is 12.4. The van der Waals surface area contributed by atoms with Gasteiger partial charge in [-0.05, 0) is 56.6 Å². The smallest absolute Gasteiger partial charge is 0.267 e. The summed E-state index contributed by atoms with van der Waals surface area (Å²) in [6.07, 6.45) is 2.40. The SMILES string of the molecule is CN1CCCC(CNC(=O)c2cc3cc(N)ccc3[nH]2)C1. The average Bonchev–Trinajstić information content (AvgIpc) is 2.88. The number of hydrogen-bond acceptors (Lipinski definition) is 3. The van der Waals surface area contributed by atoms with E-state index in [-0.39, 0.29) is 5.91 Å². The maximum absolute atomic E-state index is 12.2. The van der Waals surface area contributed by atoms with Gasteiger partial charge in [-0.2, -0.15) is 0 Å². The first-order valence-corrected chi connectivity index (χ1v) is 7.47. The third-order valence-electron chi connectivity index (χ3n) is 4.16. The Morgan fingerprint density at radius 1 is 1.48 bits per heavy atom. The molecule has 1 unspecified atom stereocenters. The van der Waals surface area contributed by atoms with Crippen LogP contribution in [0.15, 0.2) is 24.3 Å². The minimum atomic E-state index is -0.0435. The van der Waals surface area contributed by atoms with Gasteiger partial charge < -0.3 is 20.9 Å². The summed E-state index contributed by atoms with van der Waals surface area (Å²) in [6, 6.07) is 7.46. The monoisotopic (exact) mass is 286 g/mol. The standard InChI is InChI=1S/C16H22N4O/c1-20-6-2-3-11(10-20)9-18-16(21)15-8-12-7-13(17)4-5-14(12)19-15/h4-5,7-8,11,19H,2-3,6,9-10,17H2,1H3,(H,18,21). The minimum Gasteiger partial charge on any atom is -0.399 e. The van der Waals surface area contributed by atoms with Crippen molar-refractivity contribution in [3.05, 3.63) is 30.0 Å². The zero-order chi connectivity index (χ0) is 14.8. The van der Waals surface area contributed by atoms with Gasteiger partial charge in [0, 0.05) is 29.7 Å². The first-order valence-electron chi connectivity index (χ1n) is 7.47. The van der Waals surface area contributed by atoms with Crippen molar-refractivity contribution in [2.24, 2.45) is 5.92 Å². The number of H-pyrrole nitrogens is 1. The summed E-state index contributed by atoms with van der Waals surface area (Å²) < 4.78 is 0. The van der Waals surface area contributed by atoms with Crippen molar-refractivity contribution in [2.45, 2.75) is 12.8 Å². The lowest BCUT2D eigenvalue weighted by Gasteiger charge is -2.29. The van der Waals surface area contributed by atoms with E-state index < -0.39 is 0 Å². The number of nitrogens with one attached hydrogen (secondary N) is 2. The van der Waals surface area contributed by atoms with E-state index >= 15 is 0 Å². The second kappa shape index (κ2) is 5.77. The molecule has 4 N–H and O–H groups in total. The van der Waals surface area contributed by atoms with Crippen molar-refractivity contribution in [3.8, 4) is 0 Å². The third-order valence-corrected chi connectivity index (χ3v) is 4.16. The molecule has 0 spiro atoms. The number of carbonyl (C=O) groups is 1. The molecule has 2 heterocycles. The summed E-state index contributed by atoms with van der Waals surface area (Å²) in [5.41, 5.74) is 8.00. The van der Waals surface area contributed by atoms with Gasteiger partial charge in [-0.15, -0.1) is 0 Å². The van der Waals surface area contributed by atoms with Gasteiger partial charge in [-0.25, -0.2) is 0 Å². The summed E-state index contributed by atoms with van der Waals surface area (Å²) in [4.78, 5) is 17.7. The second-order valence-electron chi connectivity index (χ2n) is 6.01. The van der Waals surface area contributed by atoms with Crippen LogP contribution in [0, 0.1) is 5.92 Å². The van der Waals surface area contributed by atoms with Crippen LogP contribution in [0.3, 0.4) is 0 Å². The van der Waals surface area contributed by atoms with E-state index in [2.05, 4.69) is 22.2 Å². The molecule has 0 radical (unpaired) electrons. The lowest BCUT2D eigenvalue weighted by molar-refractivity contribution is 0.0932. The Hall–Kier alpha value is -2.01. The largest absolute Gasteiger partial charge is 0.399 e. The number of piperidine rings is 1. The Morgan fingerprint density at radius 3 is 3.14 bits per heavy atom. The van der Waals surface area contributed by atoms with Crippen LogP contribution in [0.5, 0.6) is 0 Å². The predicted octanol–water partition coefficient (Wildman–Crippen LogP) is 1.82. The molecule has 3 rings (SSSR count). The highest BCUT2D eigenvalue weighted by molar-refractivity contribution is 5.98. The van der Waals surface area contributed by atoms with Gasteiger partial charge in [0.25, 0.3) is 5.91 Å². The van der Waals surface area contributed by atoms with Crippen LogP contribution in [-0.4, -0.2) is 42.5 Å². The number of hydrogen-bond donors (Lipinski definition) is 3. The van der Waals surface area contributed by atoms with Crippen LogP contribution in [0.1, 0.15) is 23.3 Å². The van der Waals surface area contributed by atoms with Crippen molar-refractivity contribution < 1.29 is 4.79 Å². The molecule has 1 atom stereocenters. The number of benzene rings is 1. The van der Waals surface area contributed by atoms with Crippen LogP contribution < -0.4 is 11.1 Å². The summed E-state index contributed by atoms with van der Waals surface area (Å²) in [5.74, 6) is 0.505. The van der Waals surface area contributed by atoms with Crippen molar-refractivity contribution in [1.29, 1.82) is 0 Å². The molecule has 1 amide bonds. The molecule has 1 saturated heterocycles. The van der Waals surface area contributed by atoms with E-state index in [9.17, 15) is 4.79 Å². The van der Waals surface area contributed by atoms with E-state index in [1.54, 1.807) is 0 Å². The molecule has 2 aromatic rings. The van der Waals surface area contributed by atoms with Gasteiger partial charge in [0.2, 0.25) is 0 Å². The van der Waals surface area contributed by atoms with Crippen LogP contribution in [0.25, 0.3) is 10.9 Å². The fourth-order valence-corrected chi connectivity index (χ4v) is 3.05. The minimum absolute atomic E-state index is 0.0435. The Bertz CT molecular complexity index is 649. The number of amides is 1. The highest BCUT2D eigenvalue weighted by Gasteiger charge is 2.18. The maximum Gasteiger partial charge on any atom is 0.267 e. The molecule has 5 heteroatoms. The average molecular weight is 286 g/mol. The Labute approximate surface area is 124 Å². The van der Waals surface area contributed by atoms with Gasteiger partial charge in [-0.3, -0.25) is 4.79 Å². The number of carbonyl (C=O) groups excluding carboxylic acids is 1. The number of anilines is 1. The maximum atomic E-state index is 12.2. The highest BCUT2D eigenvalue weighted by Crippen LogP contribution is 2.19. The van der Waals surface area contributed by atoms with Crippen LogP contribution in [0.4, 0.5) is 5.69 Å². The molecule has 0 aliphatic carbocycles. The van der Waals surface area contributed by atoms with Crippen molar-refractivity contribution in [3.63, 3.8) is 0 Å². The van der Waals surface area contributed by atoms with E-state index in [0.717, 1.165) is 30.5 Å². The topological polar surface area (TPSA) is 74.2 Å². The van der Waals surface area contributed by atoms with E-state index in [1.807, 2.05) is 24.3 Å². The highest BCUT2D eigenvalue weighted by atomic mass is 16.1. The molecule has 21 heavy (non-hydrogen) atoms. The molecule has 1 aliphatic heterocycles. The van der Waals surface area contributed by atoms with Crippen LogP contribution in [-0.2, 0) is 0 Å². The van der Waals surface area contributed by atoms with Crippen molar-refractivity contribution in [2.75, 3.05) is 32.4 Å². The molecule has 0 saturated carbocycles. The number of likely N-dealkylation sites (tertiary alicyclic amines) is 1. The number of fused-ring (bicyclic) bond motifs is 1. The van der Waals surface area contributed by atoms with Gasteiger partial charge in [0.15, 0.2) is 0 Å². The van der Waals surface area contributed by atoms with E-state index in [0.29, 0.717) is 17.3 Å². The Morgan fingerprint density at radius 2 is 2.33 bits per heavy atom. The second-order valence-corrected chi connectivity index (χ2v) is 6.01. The predicted molar refractivity (Wildman–Crippen MR) is 85.3 cm³/mol. The number of nitrogens with two attached hydrogens (primary N) is 1. The van der Waals surface area contributed by atoms with Crippen LogP contribution >= 0.6 is 0 Å².